The van der Waals surface area contributed by atoms with E-state index in [1.807, 2.05) is 0 Å². The van der Waals surface area contributed by atoms with Gasteiger partial charge in [0.15, 0.2) is 0 Å². The lowest BCUT2D eigenvalue weighted by Gasteiger charge is -2.03. The molecule has 0 aliphatic heterocycles. The molecule has 74 valence electrons. The summed E-state index contributed by atoms with van der Waals surface area (Å²) < 4.78 is 4.48. The van der Waals surface area contributed by atoms with Crippen LogP contribution in [0.25, 0.3) is 0 Å². The minimum Gasteiger partial charge on any atom is -0.508 e. The Hall–Kier alpha value is -1.91. The van der Waals surface area contributed by atoms with E-state index in [-0.39, 0.29) is 17.9 Å². The summed E-state index contributed by atoms with van der Waals surface area (Å²) in [5, 5.41) is 11.9. The number of esters is 1. The van der Waals surface area contributed by atoms with Crippen LogP contribution in [0.3, 0.4) is 0 Å². The number of rotatable bonds is 3. The van der Waals surface area contributed by atoms with E-state index in [0.717, 1.165) is 0 Å². The van der Waals surface area contributed by atoms with Crippen molar-refractivity contribution in [1.82, 2.24) is 0 Å². The molecule has 0 saturated carbocycles. The van der Waals surface area contributed by atoms with Gasteiger partial charge in [0, 0.05) is 5.56 Å². The molecule has 0 aromatic heterocycles. The van der Waals surface area contributed by atoms with E-state index >= 15 is 0 Å². The highest BCUT2D eigenvalue weighted by molar-refractivity contribution is 5.89. The number of methoxy groups -OCH3 is 1. The molecule has 0 bridgehead atoms. The van der Waals surface area contributed by atoms with Gasteiger partial charge in [-0.15, -0.1) is 0 Å². The molecule has 0 aliphatic carbocycles. The van der Waals surface area contributed by atoms with Crippen LogP contribution in [-0.4, -0.2) is 18.2 Å². The Morgan fingerprint density at radius 3 is 2.86 bits per heavy atom. The smallest absolute Gasteiger partial charge is 0.337 e. The Labute approximate surface area is 80.3 Å². The summed E-state index contributed by atoms with van der Waals surface area (Å²) in [4.78, 5) is 21.1. The van der Waals surface area contributed by atoms with Crippen LogP contribution in [0.1, 0.15) is 15.9 Å². The van der Waals surface area contributed by atoms with Gasteiger partial charge in [-0.05, 0) is 18.2 Å². The predicted octanol–water partition coefficient (Wildman–Crippen LogP) is 1.45. The zero-order valence-corrected chi connectivity index (χ0v) is 7.56. The topological polar surface area (TPSA) is 76.0 Å². The summed E-state index contributed by atoms with van der Waals surface area (Å²) in [7, 11) is 1.26. The number of phenols is 1. The van der Waals surface area contributed by atoms with E-state index in [9.17, 15) is 14.8 Å². The van der Waals surface area contributed by atoms with Crippen molar-refractivity contribution < 1.29 is 14.6 Å². The summed E-state index contributed by atoms with van der Waals surface area (Å²) in [5.41, 5.74) is 0.590. The highest BCUT2D eigenvalue weighted by atomic mass is 16.5. The second-order valence-electron chi connectivity index (χ2n) is 2.62. The third-order valence-corrected chi connectivity index (χ3v) is 1.74. The Morgan fingerprint density at radius 2 is 2.29 bits per heavy atom. The number of aromatic hydroxyl groups is 1. The number of hydrogen-bond donors (Lipinski definition) is 1. The van der Waals surface area contributed by atoms with Crippen LogP contribution in [0.2, 0.25) is 0 Å². The molecule has 0 spiro atoms. The summed E-state index contributed by atoms with van der Waals surface area (Å²) in [5.74, 6) is -0.575. The first-order valence-electron chi connectivity index (χ1n) is 3.88. The van der Waals surface area contributed by atoms with Gasteiger partial charge in [0.2, 0.25) is 0 Å². The molecule has 0 aliphatic rings. The number of nitroso groups, excluding NO2 is 1. The van der Waals surface area contributed by atoms with E-state index in [0.29, 0.717) is 5.56 Å². The molecule has 14 heavy (non-hydrogen) atoms. The quantitative estimate of drug-likeness (QED) is 0.584. The lowest BCUT2D eigenvalue weighted by atomic mass is 10.1. The zero-order valence-electron chi connectivity index (χ0n) is 7.56. The van der Waals surface area contributed by atoms with E-state index in [2.05, 4.69) is 9.91 Å². The summed E-state index contributed by atoms with van der Waals surface area (Å²) in [6.45, 7) is -0.170. The van der Waals surface area contributed by atoms with Crippen molar-refractivity contribution in [2.24, 2.45) is 5.18 Å². The van der Waals surface area contributed by atoms with Gasteiger partial charge in [-0.25, -0.2) is 4.79 Å². The van der Waals surface area contributed by atoms with Crippen LogP contribution in [0.4, 0.5) is 0 Å². The molecular weight excluding hydrogens is 186 g/mol. The maximum absolute atomic E-state index is 11.1. The molecule has 0 fully saturated rings. The van der Waals surface area contributed by atoms with E-state index < -0.39 is 5.97 Å². The molecule has 0 atom stereocenters. The van der Waals surface area contributed by atoms with Crippen LogP contribution >= 0.6 is 0 Å². The maximum Gasteiger partial charge on any atom is 0.337 e. The largest absolute Gasteiger partial charge is 0.508 e. The molecule has 0 unspecified atom stereocenters. The predicted molar refractivity (Wildman–Crippen MR) is 48.9 cm³/mol. The number of ether oxygens (including phenoxy) is 1. The van der Waals surface area contributed by atoms with Gasteiger partial charge in [0.25, 0.3) is 0 Å². The Balaban J connectivity index is 3.05. The molecule has 5 nitrogen and oxygen atoms in total. The van der Waals surface area contributed by atoms with Crippen molar-refractivity contribution in [3.05, 3.63) is 34.2 Å². The molecular formula is C9H9NO4. The number of benzene rings is 1. The Bertz CT molecular complexity index is 362. The lowest BCUT2D eigenvalue weighted by molar-refractivity contribution is 0.0600. The van der Waals surface area contributed by atoms with Gasteiger partial charge in [0.1, 0.15) is 12.3 Å². The van der Waals surface area contributed by atoms with Crippen LogP contribution in [0.15, 0.2) is 23.4 Å². The average molecular weight is 195 g/mol. The van der Waals surface area contributed by atoms with Crippen LogP contribution < -0.4 is 0 Å². The Kier molecular flexibility index (Phi) is 3.17. The molecule has 0 radical (unpaired) electrons. The van der Waals surface area contributed by atoms with Crippen molar-refractivity contribution in [1.29, 1.82) is 0 Å². The number of hydrogen-bond acceptors (Lipinski definition) is 5. The molecule has 1 N–H and O–H groups in total. The number of phenolic OH excluding ortho intramolecular Hbond substituents is 1. The lowest BCUT2D eigenvalue weighted by Crippen LogP contribution is -2.01. The minimum atomic E-state index is -0.517. The fourth-order valence-corrected chi connectivity index (χ4v) is 1.03. The zero-order chi connectivity index (χ0) is 10.6. The van der Waals surface area contributed by atoms with Crippen molar-refractivity contribution in [3.8, 4) is 5.75 Å². The molecule has 0 heterocycles. The first-order valence-corrected chi connectivity index (χ1v) is 3.88. The van der Waals surface area contributed by atoms with Crippen molar-refractivity contribution in [3.63, 3.8) is 0 Å². The van der Waals surface area contributed by atoms with Gasteiger partial charge >= 0.3 is 5.97 Å². The van der Waals surface area contributed by atoms with Gasteiger partial charge in [-0.1, -0.05) is 5.18 Å². The van der Waals surface area contributed by atoms with Crippen molar-refractivity contribution in [2.45, 2.75) is 6.54 Å². The maximum atomic E-state index is 11.1. The molecule has 0 amide bonds. The standard InChI is InChI=1S/C9H9NO4/c1-14-9(12)6-2-3-8(11)7(4-6)5-10-13/h2-4,11H,5H2,1H3. The van der Waals surface area contributed by atoms with E-state index in [1.54, 1.807) is 0 Å². The van der Waals surface area contributed by atoms with Gasteiger partial charge in [-0.2, -0.15) is 4.91 Å². The fraction of sp³-hybridized carbons (Fsp3) is 0.222. The third kappa shape index (κ3) is 2.07. The molecule has 1 rings (SSSR count). The first kappa shape index (κ1) is 10.2. The molecule has 1 aromatic carbocycles. The molecule has 5 heteroatoms. The fourth-order valence-electron chi connectivity index (χ4n) is 1.03. The average Bonchev–Trinajstić information content (AvgIpc) is 2.20. The number of nitrogens with zero attached hydrogens (tertiary/aromatic N) is 1. The number of carbonyl (C=O) groups excluding carboxylic acids is 1. The van der Waals surface area contributed by atoms with E-state index in [1.165, 1.54) is 25.3 Å². The highest BCUT2D eigenvalue weighted by Gasteiger charge is 2.08. The minimum absolute atomic E-state index is 0.0581. The SMILES string of the molecule is COC(=O)c1ccc(O)c(CN=O)c1. The van der Waals surface area contributed by atoms with Crippen molar-refractivity contribution >= 4 is 5.97 Å². The third-order valence-electron chi connectivity index (χ3n) is 1.74. The van der Waals surface area contributed by atoms with Gasteiger partial charge < -0.3 is 9.84 Å². The number of carbonyl (C=O) groups is 1. The summed E-state index contributed by atoms with van der Waals surface area (Å²) in [6.07, 6.45) is 0. The van der Waals surface area contributed by atoms with Crippen LogP contribution in [0.5, 0.6) is 5.75 Å². The second-order valence-corrected chi connectivity index (χ2v) is 2.62. The van der Waals surface area contributed by atoms with Crippen LogP contribution in [0, 0.1) is 4.91 Å². The Morgan fingerprint density at radius 1 is 1.57 bits per heavy atom. The van der Waals surface area contributed by atoms with Crippen molar-refractivity contribution in [2.75, 3.05) is 7.11 Å². The molecule has 1 aromatic rings. The van der Waals surface area contributed by atoms with Crippen LogP contribution in [-0.2, 0) is 11.3 Å². The van der Waals surface area contributed by atoms with Gasteiger partial charge in [0.05, 0.1) is 12.7 Å². The van der Waals surface area contributed by atoms with E-state index in [4.69, 9.17) is 0 Å². The summed E-state index contributed by atoms with van der Waals surface area (Å²) >= 11 is 0. The normalized spacial score (nSPS) is 9.50. The first-order chi connectivity index (χ1) is 6.69. The second kappa shape index (κ2) is 4.36. The molecule has 0 saturated heterocycles. The highest BCUT2D eigenvalue weighted by Crippen LogP contribution is 2.19. The monoisotopic (exact) mass is 195 g/mol. The summed E-state index contributed by atoms with van der Waals surface area (Å²) in [6, 6.07) is 4.12. The van der Waals surface area contributed by atoms with Gasteiger partial charge in [-0.3, -0.25) is 0 Å².